The molecular formula is C21H22F3N7O3S. The molecule has 186 valence electrons. The molecule has 35 heavy (non-hydrogen) atoms. The molecule has 3 heterocycles. The van der Waals surface area contributed by atoms with Gasteiger partial charge in [-0.3, -0.25) is 23.9 Å². The molecule has 0 radical (unpaired) electrons. The molecule has 0 unspecified atom stereocenters. The van der Waals surface area contributed by atoms with Crippen LogP contribution in [0.3, 0.4) is 0 Å². The molecular weight excluding hydrogens is 487 g/mol. The Bertz CT molecular complexity index is 1320. The lowest BCUT2D eigenvalue weighted by Gasteiger charge is -2.29. The number of aromatic nitrogens is 2. The van der Waals surface area contributed by atoms with Crippen molar-refractivity contribution in [2.75, 3.05) is 36.8 Å². The number of nitriles is 1. The predicted molar refractivity (Wildman–Crippen MR) is 124 cm³/mol. The first-order chi connectivity index (χ1) is 16.6. The second-order valence-electron chi connectivity index (χ2n) is 7.48. The molecule has 2 aromatic heterocycles. The summed E-state index contributed by atoms with van der Waals surface area (Å²) in [6, 6.07) is 6.45. The number of likely N-dealkylation sites (tertiary alicyclic amines) is 1. The minimum atomic E-state index is -4.64. The number of carbonyl (C=O) groups is 2. The average molecular weight is 510 g/mol. The summed E-state index contributed by atoms with van der Waals surface area (Å²) in [6.45, 7) is 2.12. The maximum absolute atomic E-state index is 12.7. The fourth-order valence-electron chi connectivity index (χ4n) is 3.11. The van der Waals surface area contributed by atoms with Gasteiger partial charge in [-0.25, -0.2) is 4.98 Å². The zero-order chi connectivity index (χ0) is 25.6. The van der Waals surface area contributed by atoms with Crippen LogP contribution in [0.2, 0.25) is 0 Å². The van der Waals surface area contributed by atoms with E-state index < -0.39 is 29.8 Å². The molecule has 14 heteroatoms. The highest BCUT2D eigenvalue weighted by atomic mass is 32.1. The summed E-state index contributed by atoms with van der Waals surface area (Å²) in [7, 11) is 0. The molecule has 1 aliphatic heterocycles. The molecule has 3 rings (SSSR count). The first-order valence-corrected chi connectivity index (χ1v) is 11.4. The topological polar surface area (TPSA) is 132 Å². The Morgan fingerprint density at radius 2 is 2.00 bits per heavy atom. The average Bonchev–Trinajstić information content (AvgIpc) is 3.08. The van der Waals surface area contributed by atoms with Crippen LogP contribution in [-0.4, -0.2) is 58.6 Å². The van der Waals surface area contributed by atoms with Crippen LogP contribution in [0.15, 0.2) is 23.0 Å². The van der Waals surface area contributed by atoms with Crippen molar-refractivity contribution in [2.24, 2.45) is 0 Å². The SMILES string of the molecule is CCn1c(=O)/c(=C\Nc2cccc(NC(=O)CN3CCC3)n2)s/c1=C(/C#N)C(=O)NCC(F)(F)F. The number of anilines is 2. The number of nitrogens with zero attached hydrogens (tertiary/aromatic N) is 4. The van der Waals surface area contributed by atoms with Gasteiger partial charge in [-0.2, -0.15) is 18.4 Å². The Morgan fingerprint density at radius 3 is 2.60 bits per heavy atom. The number of alkyl halides is 3. The van der Waals surface area contributed by atoms with Crippen molar-refractivity contribution in [3.63, 3.8) is 0 Å². The van der Waals surface area contributed by atoms with Gasteiger partial charge in [0, 0.05) is 12.7 Å². The van der Waals surface area contributed by atoms with Crippen LogP contribution >= 0.6 is 11.3 Å². The Balaban J connectivity index is 1.83. The molecule has 3 N–H and O–H groups in total. The summed E-state index contributed by atoms with van der Waals surface area (Å²) in [5, 5.41) is 16.5. The van der Waals surface area contributed by atoms with E-state index in [0.29, 0.717) is 11.6 Å². The highest BCUT2D eigenvalue weighted by Gasteiger charge is 2.29. The standard InChI is InChI=1S/C21H22F3N7O3S/c1-2-31-19(34)14(35-20(31)13(9-25)18(33)27-12-21(22,23)24)10-26-15-5-3-6-16(28-15)29-17(32)11-30-7-4-8-30/h3,5-6,10H,2,4,7-8,11-12H2,1H3,(H,27,33)(H2,26,28,29,32)/b14-10+,20-13-. The van der Waals surface area contributed by atoms with Crippen molar-refractivity contribution in [3.8, 4) is 6.07 Å². The van der Waals surface area contributed by atoms with Gasteiger partial charge in [-0.05, 0) is 38.6 Å². The van der Waals surface area contributed by atoms with Crippen molar-refractivity contribution < 1.29 is 22.8 Å². The molecule has 0 saturated carbocycles. The van der Waals surface area contributed by atoms with Crippen molar-refractivity contribution in [1.29, 1.82) is 5.26 Å². The van der Waals surface area contributed by atoms with Crippen molar-refractivity contribution in [3.05, 3.63) is 37.7 Å². The van der Waals surface area contributed by atoms with Crippen molar-refractivity contribution in [1.82, 2.24) is 19.8 Å². The Morgan fingerprint density at radius 1 is 1.29 bits per heavy atom. The zero-order valence-electron chi connectivity index (χ0n) is 18.6. The summed E-state index contributed by atoms with van der Waals surface area (Å²) in [5.74, 6) is -0.795. The summed E-state index contributed by atoms with van der Waals surface area (Å²) in [5.41, 5.74) is -1.13. The number of halogens is 3. The van der Waals surface area contributed by atoms with E-state index in [1.54, 1.807) is 36.5 Å². The number of hydrogen-bond donors (Lipinski definition) is 3. The van der Waals surface area contributed by atoms with E-state index in [2.05, 4.69) is 15.6 Å². The minimum Gasteiger partial charge on any atom is -0.345 e. The summed E-state index contributed by atoms with van der Waals surface area (Å²) in [6.07, 6.45) is -2.26. The quantitative estimate of drug-likeness (QED) is 0.462. The number of thiazole rings is 1. The van der Waals surface area contributed by atoms with Gasteiger partial charge in [0.1, 0.15) is 33.4 Å². The number of nitrogens with one attached hydrogen (secondary N) is 3. The van der Waals surface area contributed by atoms with Gasteiger partial charge >= 0.3 is 6.18 Å². The van der Waals surface area contributed by atoms with Gasteiger partial charge in [0.25, 0.3) is 11.5 Å². The van der Waals surface area contributed by atoms with Crippen LogP contribution in [0.5, 0.6) is 0 Å². The molecule has 2 aromatic rings. The third-order valence-corrected chi connectivity index (χ3v) is 6.04. The van der Waals surface area contributed by atoms with E-state index in [-0.39, 0.29) is 28.2 Å². The van der Waals surface area contributed by atoms with Gasteiger partial charge in [-0.1, -0.05) is 6.07 Å². The molecule has 1 fully saturated rings. The van der Waals surface area contributed by atoms with Crippen LogP contribution in [0, 0.1) is 11.3 Å². The molecule has 0 atom stereocenters. The van der Waals surface area contributed by atoms with Crippen LogP contribution in [-0.2, 0) is 16.1 Å². The van der Waals surface area contributed by atoms with Crippen LogP contribution < -0.4 is 30.7 Å². The molecule has 0 bridgehead atoms. The smallest absolute Gasteiger partial charge is 0.345 e. The van der Waals surface area contributed by atoms with Gasteiger partial charge < -0.3 is 16.0 Å². The van der Waals surface area contributed by atoms with Gasteiger partial charge in [-0.15, -0.1) is 11.3 Å². The number of carbonyl (C=O) groups excluding carboxylic acids is 2. The maximum atomic E-state index is 12.7. The van der Waals surface area contributed by atoms with E-state index in [0.717, 1.165) is 35.4 Å². The molecule has 2 amide bonds. The molecule has 1 aliphatic rings. The van der Waals surface area contributed by atoms with E-state index >= 15 is 0 Å². The highest BCUT2D eigenvalue weighted by Crippen LogP contribution is 2.13. The third kappa shape index (κ3) is 6.90. The zero-order valence-corrected chi connectivity index (χ0v) is 19.4. The maximum Gasteiger partial charge on any atom is 0.405 e. The molecule has 0 spiro atoms. The van der Waals surface area contributed by atoms with Crippen molar-refractivity contribution >= 4 is 46.6 Å². The summed E-state index contributed by atoms with van der Waals surface area (Å²) >= 11 is 0.783. The lowest BCUT2D eigenvalue weighted by atomic mass is 10.2. The van der Waals surface area contributed by atoms with Crippen LogP contribution in [0.4, 0.5) is 24.8 Å². The fourth-order valence-corrected chi connectivity index (χ4v) is 4.19. The Hall–Kier alpha value is -3.70. The van der Waals surface area contributed by atoms with Crippen LogP contribution in [0.1, 0.15) is 13.3 Å². The number of rotatable bonds is 8. The Kier molecular flexibility index (Phi) is 8.26. The highest BCUT2D eigenvalue weighted by molar-refractivity contribution is 7.07. The largest absolute Gasteiger partial charge is 0.405 e. The lowest BCUT2D eigenvalue weighted by molar-refractivity contribution is -0.135. The Labute approximate surface area is 201 Å². The van der Waals surface area contributed by atoms with Crippen LogP contribution in [0.25, 0.3) is 11.8 Å². The van der Waals surface area contributed by atoms with E-state index in [1.807, 2.05) is 4.90 Å². The molecule has 1 saturated heterocycles. The fraction of sp³-hybridized carbons (Fsp3) is 0.381. The molecule has 0 aliphatic carbocycles. The van der Waals surface area contributed by atoms with Gasteiger partial charge in [0.2, 0.25) is 5.91 Å². The normalized spacial score (nSPS) is 15.1. The second kappa shape index (κ2) is 11.2. The second-order valence-corrected chi connectivity index (χ2v) is 8.51. The number of hydrogen-bond acceptors (Lipinski definition) is 8. The van der Waals surface area contributed by atoms with E-state index in [9.17, 15) is 32.8 Å². The van der Waals surface area contributed by atoms with E-state index in [1.165, 1.54) is 6.20 Å². The van der Waals surface area contributed by atoms with Crippen molar-refractivity contribution in [2.45, 2.75) is 26.1 Å². The predicted octanol–water partition coefficient (Wildman–Crippen LogP) is 0.172. The molecule has 0 aromatic carbocycles. The van der Waals surface area contributed by atoms with Gasteiger partial charge in [0.05, 0.1) is 6.54 Å². The minimum absolute atomic E-state index is 0.0623. The summed E-state index contributed by atoms with van der Waals surface area (Å²) < 4.78 is 38.5. The summed E-state index contributed by atoms with van der Waals surface area (Å²) in [4.78, 5) is 43.2. The number of pyridine rings is 1. The first-order valence-electron chi connectivity index (χ1n) is 10.6. The first kappa shape index (κ1) is 25.9. The lowest BCUT2D eigenvalue weighted by Crippen LogP contribution is -2.42. The third-order valence-electron chi connectivity index (χ3n) is 4.91. The van der Waals surface area contributed by atoms with Gasteiger partial charge in [0.15, 0.2) is 5.57 Å². The van der Waals surface area contributed by atoms with E-state index in [4.69, 9.17) is 0 Å². The number of amides is 2. The monoisotopic (exact) mass is 509 g/mol. The molecule has 10 nitrogen and oxygen atoms in total.